The molecule has 0 N–H and O–H groups in total. The molecule has 1 fully saturated rings. The van der Waals surface area contributed by atoms with Gasteiger partial charge in [0, 0.05) is 27.6 Å². The molecule has 1 aliphatic rings. The van der Waals surface area contributed by atoms with E-state index in [1.807, 2.05) is 6.07 Å². The second-order valence-electron chi connectivity index (χ2n) is 9.32. The minimum absolute atomic E-state index is 0.0394. The van der Waals surface area contributed by atoms with Crippen molar-refractivity contribution in [3.05, 3.63) is 107 Å². The van der Waals surface area contributed by atoms with Crippen molar-refractivity contribution >= 4 is 50.3 Å². The smallest absolute Gasteiger partial charge is 0.313 e. The topological polar surface area (TPSA) is 99.6 Å². The van der Waals surface area contributed by atoms with E-state index in [4.69, 9.17) is 21.3 Å². The summed E-state index contributed by atoms with van der Waals surface area (Å²) in [5, 5.41) is 16.7. The normalized spacial score (nSPS) is 14.2. The van der Waals surface area contributed by atoms with Gasteiger partial charge in [0.05, 0.1) is 27.1 Å². The number of hydrogen-bond donors (Lipinski definition) is 0. The van der Waals surface area contributed by atoms with E-state index in [0.29, 0.717) is 22.3 Å². The van der Waals surface area contributed by atoms with Crippen LogP contribution in [0.3, 0.4) is 0 Å². The monoisotopic (exact) mass is 612 g/mol. The second-order valence-corrected chi connectivity index (χ2v) is 10.6. The molecule has 39 heavy (non-hydrogen) atoms. The van der Waals surface area contributed by atoms with Gasteiger partial charge in [-0.2, -0.15) is 9.78 Å². The lowest BCUT2D eigenvalue weighted by molar-refractivity contribution is -0.385. The zero-order valence-electron chi connectivity index (χ0n) is 20.6. The fraction of sp³-hybridized carbons (Fsp3) is 0.250. The first kappa shape index (κ1) is 27.0. The third kappa shape index (κ3) is 5.86. The van der Waals surface area contributed by atoms with Gasteiger partial charge in [-0.1, -0.05) is 65.0 Å². The van der Waals surface area contributed by atoms with Gasteiger partial charge in [-0.05, 0) is 43.2 Å². The third-order valence-electron chi connectivity index (χ3n) is 6.70. The Hall–Kier alpha value is -3.63. The van der Waals surface area contributed by atoms with Crippen LogP contribution in [0.25, 0.3) is 10.9 Å². The number of nitro benzene ring substituents is 1. The van der Waals surface area contributed by atoms with Gasteiger partial charge in [0.1, 0.15) is 18.2 Å². The number of aromatic nitrogens is 2. The highest BCUT2D eigenvalue weighted by Gasteiger charge is 2.24. The first-order valence-corrected chi connectivity index (χ1v) is 13.6. The van der Waals surface area contributed by atoms with Crippen LogP contribution in [-0.2, 0) is 6.61 Å². The number of benzene rings is 3. The van der Waals surface area contributed by atoms with E-state index in [2.05, 4.69) is 21.0 Å². The summed E-state index contributed by atoms with van der Waals surface area (Å²) in [5.41, 5.74) is 0.383. The van der Waals surface area contributed by atoms with Crippen molar-refractivity contribution in [2.75, 3.05) is 0 Å². The van der Waals surface area contributed by atoms with Crippen molar-refractivity contribution in [3.8, 4) is 5.75 Å². The molecule has 5 rings (SSSR count). The largest absolute Gasteiger partial charge is 0.481 e. The summed E-state index contributed by atoms with van der Waals surface area (Å²) in [6.45, 7) is -0.237. The van der Waals surface area contributed by atoms with E-state index < -0.39 is 16.4 Å². The van der Waals surface area contributed by atoms with E-state index >= 15 is 0 Å². The molecule has 0 radical (unpaired) electrons. The molecule has 3 aromatic carbocycles. The molecule has 0 saturated heterocycles. The average molecular weight is 614 g/mol. The van der Waals surface area contributed by atoms with Crippen molar-refractivity contribution < 1.29 is 14.1 Å². The predicted octanol–water partition coefficient (Wildman–Crippen LogP) is 7.37. The molecule has 0 bridgehead atoms. The van der Waals surface area contributed by atoms with Crippen molar-refractivity contribution in [2.24, 2.45) is 5.10 Å². The van der Waals surface area contributed by atoms with Crippen LogP contribution in [0, 0.1) is 15.9 Å². The van der Waals surface area contributed by atoms with E-state index in [0.717, 1.165) is 36.6 Å². The summed E-state index contributed by atoms with van der Waals surface area (Å²) in [6, 6.07) is 14.0. The molecule has 0 aliphatic heterocycles. The molecule has 1 aliphatic carbocycles. The van der Waals surface area contributed by atoms with Crippen LogP contribution in [0.2, 0.25) is 5.02 Å². The number of rotatable bonds is 7. The maximum absolute atomic E-state index is 14.0. The Kier molecular flexibility index (Phi) is 8.04. The fourth-order valence-electron chi connectivity index (χ4n) is 4.74. The second kappa shape index (κ2) is 11.6. The van der Waals surface area contributed by atoms with Crippen LogP contribution in [0.4, 0.5) is 10.1 Å². The summed E-state index contributed by atoms with van der Waals surface area (Å²) in [4.78, 5) is 29.5. The molecule has 8 nitrogen and oxygen atoms in total. The van der Waals surface area contributed by atoms with Crippen LogP contribution >= 0.6 is 27.5 Å². The quantitative estimate of drug-likeness (QED) is 0.123. The van der Waals surface area contributed by atoms with Gasteiger partial charge in [0.15, 0.2) is 0 Å². The molecule has 1 heterocycles. The Morgan fingerprint density at radius 3 is 2.69 bits per heavy atom. The van der Waals surface area contributed by atoms with E-state index in [9.17, 15) is 19.3 Å². The van der Waals surface area contributed by atoms with Gasteiger partial charge in [0.25, 0.3) is 5.56 Å². The highest BCUT2D eigenvalue weighted by atomic mass is 79.9. The number of nitrogens with zero attached hydrogens (tertiary/aromatic N) is 4. The van der Waals surface area contributed by atoms with E-state index in [1.165, 1.54) is 41.2 Å². The first-order valence-electron chi connectivity index (χ1n) is 12.4. The van der Waals surface area contributed by atoms with Crippen LogP contribution in [0.1, 0.15) is 55.0 Å². The predicted molar refractivity (Wildman–Crippen MR) is 151 cm³/mol. The Labute approximate surface area is 236 Å². The number of hydrogen-bond acceptors (Lipinski definition) is 6. The van der Waals surface area contributed by atoms with E-state index in [1.54, 1.807) is 18.2 Å². The zero-order chi connectivity index (χ0) is 27.5. The van der Waals surface area contributed by atoms with Gasteiger partial charge in [0.2, 0.25) is 5.75 Å². The summed E-state index contributed by atoms with van der Waals surface area (Å²) >= 11 is 9.78. The van der Waals surface area contributed by atoms with Crippen molar-refractivity contribution in [3.63, 3.8) is 0 Å². The molecule has 0 spiro atoms. The highest BCUT2D eigenvalue weighted by molar-refractivity contribution is 9.10. The molecule has 0 amide bonds. The molecular formula is C28H23BrClFN4O4. The Bertz CT molecular complexity index is 1650. The molecule has 0 atom stereocenters. The molecule has 1 saturated carbocycles. The lowest BCUT2D eigenvalue weighted by Crippen LogP contribution is -2.25. The Morgan fingerprint density at radius 2 is 1.95 bits per heavy atom. The maximum Gasteiger partial charge on any atom is 0.313 e. The SMILES string of the molecule is O=c1c2cc(Br)ccc2nc(C2CCCCC2)n1N=Cc1cc(Cl)c(OCc2ccccc2F)c([N+](=O)[O-])c1. The summed E-state index contributed by atoms with van der Waals surface area (Å²) in [6.07, 6.45) is 6.36. The van der Waals surface area contributed by atoms with Gasteiger partial charge in [-0.25, -0.2) is 9.37 Å². The van der Waals surface area contributed by atoms with Crippen LogP contribution in [0.15, 0.2) is 69.0 Å². The molecule has 1 aromatic heterocycles. The van der Waals surface area contributed by atoms with Gasteiger partial charge < -0.3 is 4.74 Å². The van der Waals surface area contributed by atoms with E-state index in [-0.39, 0.29) is 34.4 Å². The summed E-state index contributed by atoms with van der Waals surface area (Å²) in [7, 11) is 0. The minimum atomic E-state index is -0.630. The third-order valence-corrected chi connectivity index (χ3v) is 7.47. The zero-order valence-corrected chi connectivity index (χ0v) is 23.0. The molecule has 11 heteroatoms. The number of ether oxygens (including phenoxy) is 1. The molecule has 4 aromatic rings. The number of fused-ring (bicyclic) bond motifs is 1. The number of halogens is 3. The van der Waals surface area contributed by atoms with Gasteiger partial charge in [-0.15, -0.1) is 0 Å². The first-order chi connectivity index (χ1) is 18.8. The summed E-state index contributed by atoms with van der Waals surface area (Å²) < 4.78 is 21.6. The standard InChI is InChI=1S/C28H23BrClFN4O4/c29-20-10-11-24-21(14-20)28(36)34(27(33-24)18-6-2-1-3-7-18)32-15-17-12-22(30)26(25(13-17)35(37)38)39-16-19-8-4-5-9-23(19)31/h4-5,8-15,18H,1-3,6-7,16H2. The van der Waals surface area contributed by atoms with Crippen LogP contribution < -0.4 is 10.3 Å². The minimum Gasteiger partial charge on any atom is -0.481 e. The highest BCUT2D eigenvalue weighted by Crippen LogP contribution is 2.37. The molecular weight excluding hydrogens is 591 g/mol. The van der Waals surface area contributed by atoms with Gasteiger partial charge >= 0.3 is 5.69 Å². The van der Waals surface area contributed by atoms with Crippen molar-refractivity contribution in [2.45, 2.75) is 44.6 Å². The fourth-order valence-corrected chi connectivity index (χ4v) is 5.38. The van der Waals surface area contributed by atoms with Crippen molar-refractivity contribution in [1.29, 1.82) is 0 Å². The summed E-state index contributed by atoms with van der Waals surface area (Å²) in [5.74, 6) is -0.0328. The lowest BCUT2D eigenvalue weighted by atomic mass is 9.88. The average Bonchev–Trinajstić information content (AvgIpc) is 2.93. The molecule has 0 unspecified atom stereocenters. The number of nitro groups is 1. The Morgan fingerprint density at radius 1 is 1.18 bits per heavy atom. The Balaban J connectivity index is 1.53. The maximum atomic E-state index is 14.0. The van der Waals surface area contributed by atoms with Crippen LogP contribution in [0.5, 0.6) is 5.75 Å². The van der Waals surface area contributed by atoms with Crippen molar-refractivity contribution in [1.82, 2.24) is 9.66 Å². The lowest BCUT2D eigenvalue weighted by Gasteiger charge is -2.22. The van der Waals surface area contributed by atoms with Crippen LogP contribution in [-0.4, -0.2) is 20.8 Å². The molecule has 200 valence electrons. The van der Waals surface area contributed by atoms with Gasteiger partial charge in [-0.3, -0.25) is 14.9 Å².